The lowest BCUT2D eigenvalue weighted by Crippen LogP contribution is -2.62. The number of primary sulfonamides is 1. The number of amides is 1. The zero-order chi connectivity index (χ0) is 17.5. The Hall–Kier alpha value is -1.00. The van der Waals surface area contributed by atoms with Gasteiger partial charge in [-0.2, -0.15) is 0 Å². The predicted molar refractivity (Wildman–Crippen MR) is 89.3 cm³/mol. The number of ether oxygens (including phenoxy) is 1. The maximum Gasteiger partial charge on any atom is 0.265 e. The number of sulfonamides is 1. The fourth-order valence-corrected chi connectivity index (χ4v) is 5.70. The standard InChI is InChI=1S/C15H22N2O5S2/c1-2-22-12-9-11(18)15(12)4-6-17(7-5-15)14(19)13-10(3-8-23-13)24(16,20)21/h3,8,11-12,18H,2,4-7,9H2,1H3,(H2,16,20,21)/t11-,12+/m1/s1. The third kappa shape index (κ3) is 2.88. The number of thiophene rings is 1. The molecule has 3 rings (SSSR count). The number of carbonyl (C=O) groups excluding carboxylic acids is 1. The van der Waals surface area contributed by atoms with Crippen LogP contribution in [-0.4, -0.2) is 56.2 Å². The van der Waals surface area contributed by atoms with Gasteiger partial charge in [-0.15, -0.1) is 11.3 Å². The number of aliphatic hydroxyl groups excluding tert-OH is 1. The van der Waals surface area contributed by atoms with Crippen molar-refractivity contribution in [2.24, 2.45) is 10.6 Å². The van der Waals surface area contributed by atoms with Crippen LogP contribution in [0.2, 0.25) is 0 Å². The molecule has 1 saturated carbocycles. The van der Waals surface area contributed by atoms with Crippen LogP contribution in [0.25, 0.3) is 0 Å². The fourth-order valence-electron chi connectivity index (χ4n) is 3.76. The van der Waals surface area contributed by atoms with Crippen molar-refractivity contribution < 1.29 is 23.1 Å². The van der Waals surface area contributed by atoms with Gasteiger partial charge in [0.05, 0.1) is 12.2 Å². The summed E-state index contributed by atoms with van der Waals surface area (Å²) < 4.78 is 28.9. The molecule has 1 amide bonds. The Labute approximate surface area is 145 Å². The molecule has 2 heterocycles. The first-order chi connectivity index (χ1) is 11.3. The van der Waals surface area contributed by atoms with Crippen LogP contribution in [0.5, 0.6) is 0 Å². The third-order valence-corrected chi connectivity index (χ3v) is 7.21. The van der Waals surface area contributed by atoms with Crippen molar-refractivity contribution >= 4 is 27.3 Å². The first-order valence-electron chi connectivity index (χ1n) is 7.99. The van der Waals surface area contributed by atoms with Gasteiger partial charge < -0.3 is 14.7 Å². The fraction of sp³-hybridized carbons (Fsp3) is 0.667. The van der Waals surface area contributed by atoms with E-state index in [2.05, 4.69) is 0 Å². The second kappa shape index (κ2) is 6.38. The Morgan fingerprint density at radius 1 is 1.50 bits per heavy atom. The first-order valence-corrected chi connectivity index (χ1v) is 10.4. The predicted octanol–water partition coefficient (Wildman–Crippen LogP) is 0.788. The van der Waals surface area contributed by atoms with Gasteiger partial charge in [0, 0.05) is 31.5 Å². The van der Waals surface area contributed by atoms with Gasteiger partial charge >= 0.3 is 0 Å². The van der Waals surface area contributed by atoms with E-state index in [0.717, 1.165) is 11.3 Å². The highest BCUT2D eigenvalue weighted by molar-refractivity contribution is 7.89. The number of aliphatic hydroxyl groups is 1. The van der Waals surface area contributed by atoms with Crippen LogP contribution in [0, 0.1) is 5.41 Å². The molecule has 2 fully saturated rings. The minimum Gasteiger partial charge on any atom is -0.392 e. The highest BCUT2D eigenvalue weighted by atomic mass is 32.2. The van der Waals surface area contributed by atoms with E-state index in [1.807, 2.05) is 6.92 Å². The Morgan fingerprint density at radius 2 is 2.17 bits per heavy atom. The highest BCUT2D eigenvalue weighted by Gasteiger charge is 2.56. The van der Waals surface area contributed by atoms with E-state index in [1.165, 1.54) is 6.07 Å². The molecule has 1 spiro atoms. The van der Waals surface area contributed by atoms with Gasteiger partial charge in [-0.1, -0.05) is 0 Å². The van der Waals surface area contributed by atoms with Gasteiger partial charge in [0.2, 0.25) is 10.0 Å². The van der Waals surface area contributed by atoms with Crippen molar-refractivity contribution in [3.63, 3.8) is 0 Å². The number of piperidine rings is 1. The summed E-state index contributed by atoms with van der Waals surface area (Å²) in [4.78, 5) is 14.3. The number of hydrogen-bond acceptors (Lipinski definition) is 6. The summed E-state index contributed by atoms with van der Waals surface area (Å²) >= 11 is 1.08. The quantitative estimate of drug-likeness (QED) is 0.809. The summed E-state index contributed by atoms with van der Waals surface area (Å²) in [5, 5.41) is 16.9. The topological polar surface area (TPSA) is 110 Å². The monoisotopic (exact) mass is 374 g/mol. The normalized spacial score (nSPS) is 26.4. The molecule has 0 radical (unpaired) electrons. The number of nitrogens with zero attached hydrogens (tertiary/aromatic N) is 1. The average Bonchev–Trinajstić information content (AvgIpc) is 3.04. The van der Waals surface area contributed by atoms with E-state index in [4.69, 9.17) is 9.88 Å². The molecule has 134 valence electrons. The summed E-state index contributed by atoms with van der Waals surface area (Å²) in [6.07, 6.45) is 1.59. The van der Waals surface area contributed by atoms with Crippen molar-refractivity contribution in [2.45, 2.75) is 43.3 Å². The summed E-state index contributed by atoms with van der Waals surface area (Å²) in [6, 6.07) is 1.36. The molecule has 2 aliphatic rings. The van der Waals surface area contributed by atoms with Crippen LogP contribution in [0.4, 0.5) is 0 Å². The van der Waals surface area contributed by atoms with Gasteiger partial charge in [0.1, 0.15) is 9.77 Å². The summed E-state index contributed by atoms with van der Waals surface area (Å²) in [5.41, 5.74) is -0.273. The van der Waals surface area contributed by atoms with Crippen molar-refractivity contribution in [1.82, 2.24) is 4.90 Å². The van der Waals surface area contributed by atoms with Crippen molar-refractivity contribution in [2.75, 3.05) is 19.7 Å². The number of hydrogen-bond donors (Lipinski definition) is 2. The molecule has 24 heavy (non-hydrogen) atoms. The molecule has 1 saturated heterocycles. The van der Waals surface area contributed by atoms with Crippen molar-refractivity contribution in [1.29, 1.82) is 0 Å². The number of likely N-dealkylation sites (tertiary alicyclic amines) is 1. The molecule has 0 unspecified atom stereocenters. The Morgan fingerprint density at radius 3 is 2.71 bits per heavy atom. The lowest BCUT2D eigenvalue weighted by molar-refractivity contribution is -0.207. The largest absolute Gasteiger partial charge is 0.392 e. The third-order valence-electron chi connectivity index (χ3n) is 5.22. The molecule has 1 aromatic rings. The van der Waals surface area contributed by atoms with Crippen molar-refractivity contribution in [3.05, 3.63) is 16.3 Å². The van der Waals surface area contributed by atoms with E-state index in [-0.39, 0.29) is 27.2 Å². The van der Waals surface area contributed by atoms with E-state index in [0.29, 0.717) is 39.0 Å². The molecule has 9 heteroatoms. The average molecular weight is 374 g/mol. The first kappa shape index (κ1) is 17.8. The van der Waals surface area contributed by atoms with Gasteiger partial charge in [0.25, 0.3) is 5.91 Å². The van der Waals surface area contributed by atoms with Crippen LogP contribution < -0.4 is 5.14 Å². The van der Waals surface area contributed by atoms with Crippen molar-refractivity contribution in [3.8, 4) is 0 Å². The lowest BCUT2D eigenvalue weighted by atomic mass is 9.58. The van der Waals surface area contributed by atoms with Gasteiger partial charge in [-0.05, 0) is 31.2 Å². The number of carbonyl (C=O) groups is 1. The SMILES string of the molecule is CCO[C@H]1C[C@@H](O)C12CCN(C(=O)c1sccc1S(N)(=O)=O)CC2. The molecule has 1 aliphatic carbocycles. The minimum absolute atomic E-state index is 0.0384. The van der Waals surface area contributed by atoms with Crippen LogP contribution in [0.3, 0.4) is 0 Å². The molecule has 2 atom stereocenters. The van der Waals surface area contributed by atoms with Crippen LogP contribution in [0.15, 0.2) is 16.3 Å². The van der Waals surface area contributed by atoms with E-state index < -0.39 is 16.1 Å². The van der Waals surface area contributed by atoms with Gasteiger partial charge in [-0.25, -0.2) is 13.6 Å². The van der Waals surface area contributed by atoms with E-state index in [9.17, 15) is 18.3 Å². The van der Waals surface area contributed by atoms with E-state index >= 15 is 0 Å². The molecule has 0 aromatic carbocycles. The maximum atomic E-state index is 12.7. The molecule has 7 nitrogen and oxygen atoms in total. The highest BCUT2D eigenvalue weighted by Crippen LogP contribution is 2.51. The zero-order valence-electron chi connectivity index (χ0n) is 13.5. The number of nitrogens with two attached hydrogens (primary N) is 1. The molecule has 1 aromatic heterocycles. The van der Waals surface area contributed by atoms with Crippen LogP contribution >= 0.6 is 11.3 Å². The summed E-state index contributed by atoms with van der Waals surface area (Å²) in [6.45, 7) is 3.49. The molecule has 0 bridgehead atoms. The van der Waals surface area contributed by atoms with Crippen LogP contribution in [0.1, 0.15) is 35.9 Å². The van der Waals surface area contributed by atoms with E-state index in [1.54, 1.807) is 10.3 Å². The Kier molecular flexibility index (Phi) is 4.73. The second-order valence-corrected chi connectivity index (χ2v) is 8.83. The molecular weight excluding hydrogens is 352 g/mol. The minimum atomic E-state index is -3.91. The zero-order valence-corrected chi connectivity index (χ0v) is 15.1. The Balaban J connectivity index is 1.71. The smallest absolute Gasteiger partial charge is 0.265 e. The van der Waals surface area contributed by atoms with Crippen LogP contribution in [-0.2, 0) is 14.8 Å². The molecular formula is C15H22N2O5S2. The van der Waals surface area contributed by atoms with Gasteiger partial charge in [-0.3, -0.25) is 4.79 Å². The Bertz CT molecular complexity index is 720. The summed E-state index contributed by atoms with van der Waals surface area (Å²) in [7, 11) is -3.91. The molecule has 3 N–H and O–H groups in total. The number of rotatable bonds is 4. The summed E-state index contributed by atoms with van der Waals surface area (Å²) in [5.74, 6) is -0.314. The molecule has 1 aliphatic heterocycles. The maximum absolute atomic E-state index is 12.7. The second-order valence-electron chi connectivity index (χ2n) is 6.38. The lowest BCUT2D eigenvalue weighted by Gasteiger charge is -2.56. The van der Waals surface area contributed by atoms with Gasteiger partial charge in [0.15, 0.2) is 0 Å².